The van der Waals surface area contributed by atoms with Gasteiger partial charge in [-0.2, -0.15) is 0 Å². The van der Waals surface area contributed by atoms with E-state index in [9.17, 15) is 9.59 Å². The van der Waals surface area contributed by atoms with E-state index in [1.165, 1.54) is 5.57 Å². The molecule has 0 fully saturated rings. The Labute approximate surface area is 140 Å². The molecule has 0 bridgehead atoms. The van der Waals surface area contributed by atoms with Gasteiger partial charge in [-0.3, -0.25) is 9.59 Å². The molecule has 134 valence electrons. The number of unbranched alkanes of at least 4 members (excludes halogenated alkanes) is 1. The van der Waals surface area contributed by atoms with Gasteiger partial charge in [0, 0.05) is 13.0 Å². The fourth-order valence-corrected chi connectivity index (χ4v) is 2.95. The Hall–Kier alpha value is -1.36. The van der Waals surface area contributed by atoms with Crippen molar-refractivity contribution in [3.05, 3.63) is 11.6 Å². The number of carboxylic acid groups (broad SMARTS) is 1. The van der Waals surface area contributed by atoms with Crippen LogP contribution in [0.15, 0.2) is 11.6 Å². The Morgan fingerprint density at radius 2 is 1.91 bits per heavy atom. The van der Waals surface area contributed by atoms with E-state index in [4.69, 9.17) is 5.11 Å². The second kappa shape index (κ2) is 11.2. The largest absolute Gasteiger partial charge is 0.480 e. The van der Waals surface area contributed by atoms with Gasteiger partial charge in [0.2, 0.25) is 5.91 Å². The van der Waals surface area contributed by atoms with E-state index in [0.29, 0.717) is 19.4 Å². The van der Waals surface area contributed by atoms with Crippen LogP contribution in [0, 0.1) is 5.41 Å². The van der Waals surface area contributed by atoms with Crippen LogP contribution in [0.5, 0.6) is 0 Å². The molecule has 0 spiro atoms. The maximum atomic E-state index is 12.2. The second-order valence-corrected chi connectivity index (χ2v) is 6.28. The lowest BCUT2D eigenvalue weighted by atomic mass is 9.75. The molecule has 2 unspecified atom stereocenters. The minimum absolute atomic E-state index is 0.0746. The smallest absolute Gasteiger partial charge is 0.320 e. The van der Waals surface area contributed by atoms with Crippen LogP contribution in [0.2, 0.25) is 0 Å². The van der Waals surface area contributed by atoms with Gasteiger partial charge in [-0.25, -0.2) is 0 Å². The SMILES string of the molecule is CC=C(CC)C(C)(CC)CC(=O)NCCCCC(NC)C(=O)O. The van der Waals surface area contributed by atoms with Crippen LogP contribution in [0.4, 0.5) is 0 Å². The molecule has 2 atom stereocenters. The fraction of sp³-hybridized carbons (Fsp3) is 0.778. The molecule has 0 aliphatic heterocycles. The number of allylic oxidation sites excluding steroid dienone is 2. The number of carboxylic acids is 1. The van der Waals surface area contributed by atoms with E-state index in [2.05, 4.69) is 37.5 Å². The molecule has 0 aliphatic carbocycles. The molecule has 0 aliphatic rings. The first-order chi connectivity index (χ1) is 10.8. The number of carbonyl (C=O) groups is 2. The van der Waals surface area contributed by atoms with E-state index >= 15 is 0 Å². The number of hydrogen-bond acceptors (Lipinski definition) is 3. The Bertz CT molecular complexity index is 407. The standard InChI is InChI=1S/C18H34N2O3/c1-6-14(7-2)18(4,8-3)13-16(21)20-12-10-9-11-15(19-5)17(22)23/h6,15,19H,7-13H2,1-5H3,(H,20,21)(H,22,23). The van der Waals surface area contributed by atoms with Crippen molar-refractivity contribution >= 4 is 11.9 Å². The predicted octanol–water partition coefficient (Wildman–Crippen LogP) is 3.11. The molecule has 1 amide bonds. The lowest BCUT2D eigenvalue weighted by molar-refractivity contribution is -0.139. The van der Waals surface area contributed by atoms with Crippen LogP contribution in [0.25, 0.3) is 0 Å². The summed E-state index contributed by atoms with van der Waals surface area (Å²) in [6, 6.07) is -0.504. The summed E-state index contributed by atoms with van der Waals surface area (Å²) in [4.78, 5) is 23.0. The van der Waals surface area contributed by atoms with Crippen LogP contribution in [0.1, 0.15) is 66.2 Å². The van der Waals surface area contributed by atoms with E-state index in [1.54, 1.807) is 7.05 Å². The van der Waals surface area contributed by atoms with Crippen molar-refractivity contribution in [1.29, 1.82) is 0 Å². The van der Waals surface area contributed by atoms with E-state index < -0.39 is 12.0 Å². The monoisotopic (exact) mass is 326 g/mol. The summed E-state index contributed by atoms with van der Waals surface area (Å²) in [5.74, 6) is -0.751. The summed E-state index contributed by atoms with van der Waals surface area (Å²) in [6.07, 6.45) is 6.69. The number of carbonyl (C=O) groups excluding carboxylic acids is 1. The first-order valence-corrected chi connectivity index (χ1v) is 8.67. The minimum Gasteiger partial charge on any atom is -0.480 e. The molecule has 0 aromatic rings. The molecule has 0 aromatic carbocycles. The third-order valence-electron chi connectivity index (χ3n) is 4.72. The molecule has 0 radical (unpaired) electrons. The average Bonchev–Trinajstić information content (AvgIpc) is 2.51. The molecular formula is C18H34N2O3. The minimum atomic E-state index is -0.825. The number of amides is 1. The molecule has 23 heavy (non-hydrogen) atoms. The molecule has 0 aromatic heterocycles. The van der Waals surface area contributed by atoms with Crippen molar-refractivity contribution < 1.29 is 14.7 Å². The molecule has 0 heterocycles. The van der Waals surface area contributed by atoms with Crippen molar-refractivity contribution in [2.45, 2.75) is 72.3 Å². The predicted molar refractivity (Wildman–Crippen MR) is 94.4 cm³/mol. The number of rotatable bonds is 12. The highest BCUT2D eigenvalue weighted by molar-refractivity contribution is 5.77. The van der Waals surface area contributed by atoms with Gasteiger partial charge in [0.1, 0.15) is 6.04 Å². The van der Waals surface area contributed by atoms with E-state index in [-0.39, 0.29) is 11.3 Å². The number of aliphatic carboxylic acids is 1. The fourth-order valence-electron chi connectivity index (χ4n) is 2.95. The van der Waals surface area contributed by atoms with Gasteiger partial charge in [-0.15, -0.1) is 0 Å². The van der Waals surface area contributed by atoms with Gasteiger partial charge in [0.15, 0.2) is 0 Å². The zero-order valence-electron chi connectivity index (χ0n) is 15.4. The summed E-state index contributed by atoms with van der Waals surface area (Å²) in [5, 5.41) is 14.7. The Kier molecular flexibility index (Phi) is 10.6. The topological polar surface area (TPSA) is 78.4 Å². The quantitative estimate of drug-likeness (QED) is 0.380. The number of hydrogen-bond donors (Lipinski definition) is 3. The van der Waals surface area contributed by atoms with Crippen LogP contribution in [-0.2, 0) is 9.59 Å². The summed E-state index contributed by atoms with van der Waals surface area (Å²) in [7, 11) is 1.65. The highest BCUT2D eigenvalue weighted by Gasteiger charge is 2.28. The molecule has 5 nitrogen and oxygen atoms in total. The molecular weight excluding hydrogens is 292 g/mol. The van der Waals surface area contributed by atoms with Crippen molar-refractivity contribution in [3.8, 4) is 0 Å². The van der Waals surface area contributed by atoms with Crippen LogP contribution < -0.4 is 10.6 Å². The van der Waals surface area contributed by atoms with Crippen molar-refractivity contribution in [1.82, 2.24) is 10.6 Å². The highest BCUT2D eigenvalue weighted by atomic mass is 16.4. The first-order valence-electron chi connectivity index (χ1n) is 8.67. The van der Waals surface area contributed by atoms with Gasteiger partial charge in [0.25, 0.3) is 0 Å². The summed E-state index contributed by atoms with van der Waals surface area (Å²) in [5.41, 5.74) is 1.25. The molecule has 0 saturated carbocycles. The molecule has 0 rings (SSSR count). The Morgan fingerprint density at radius 3 is 2.35 bits per heavy atom. The van der Waals surface area contributed by atoms with Crippen molar-refractivity contribution in [3.63, 3.8) is 0 Å². The second-order valence-electron chi connectivity index (χ2n) is 6.28. The normalized spacial score (nSPS) is 15.8. The maximum Gasteiger partial charge on any atom is 0.320 e. The summed E-state index contributed by atoms with van der Waals surface area (Å²) >= 11 is 0. The van der Waals surface area contributed by atoms with Crippen molar-refractivity contribution in [2.24, 2.45) is 5.41 Å². The maximum absolute atomic E-state index is 12.2. The van der Waals surface area contributed by atoms with Gasteiger partial charge in [0.05, 0.1) is 0 Å². The molecule has 3 N–H and O–H groups in total. The zero-order chi connectivity index (χ0) is 17.9. The highest BCUT2D eigenvalue weighted by Crippen LogP contribution is 2.36. The Morgan fingerprint density at radius 1 is 1.26 bits per heavy atom. The average molecular weight is 326 g/mol. The van der Waals surface area contributed by atoms with Crippen molar-refractivity contribution in [2.75, 3.05) is 13.6 Å². The van der Waals surface area contributed by atoms with E-state index in [1.807, 2.05) is 6.92 Å². The van der Waals surface area contributed by atoms with Crippen LogP contribution in [0.3, 0.4) is 0 Å². The third-order valence-corrected chi connectivity index (χ3v) is 4.72. The number of nitrogens with one attached hydrogen (secondary N) is 2. The van der Waals surface area contributed by atoms with Crippen LogP contribution >= 0.6 is 0 Å². The van der Waals surface area contributed by atoms with Gasteiger partial charge >= 0.3 is 5.97 Å². The first kappa shape index (κ1) is 21.6. The van der Waals surface area contributed by atoms with Gasteiger partial charge in [-0.05, 0) is 51.5 Å². The van der Waals surface area contributed by atoms with Gasteiger partial charge in [-0.1, -0.05) is 32.4 Å². The molecule has 5 heteroatoms. The Balaban J connectivity index is 4.18. The van der Waals surface area contributed by atoms with Crippen LogP contribution in [-0.4, -0.2) is 36.6 Å². The van der Waals surface area contributed by atoms with E-state index in [0.717, 1.165) is 25.7 Å². The lowest BCUT2D eigenvalue weighted by Crippen LogP contribution is -2.34. The summed E-state index contributed by atoms with van der Waals surface area (Å²) in [6.45, 7) is 9.03. The molecule has 0 saturated heterocycles. The van der Waals surface area contributed by atoms with Gasteiger partial charge < -0.3 is 15.7 Å². The zero-order valence-corrected chi connectivity index (χ0v) is 15.4. The summed E-state index contributed by atoms with van der Waals surface area (Å²) < 4.78 is 0. The lowest BCUT2D eigenvalue weighted by Gasteiger charge is -2.30. The number of likely N-dealkylation sites (N-methyl/N-ethyl adjacent to an activating group) is 1. The third kappa shape index (κ3) is 7.64.